The Morgan fingerprint density at radius 3 is 2.92 bits per heavy atom. The van der Waals surface area contributed by atoms with Crippen molar-refractivity contribution in [1.29, 1.82) is 0 Å². The minimum atomic E-state index is -0.521. The van der Waals surface area contributed by atoms with E-state index in [1.165, 1.54) is 12.1 Å². The van der Waals surface area contributed by atoms with Crippen molar-refractivity contribution in [1.82, 2.24) is 0 Å². The van der Waals surface area contributed by atoms with E-state index in [0.717, 1.165) is 0 Å². The van der Waals surface area contributed by atoms with Gasteiger partial charge in [-0.3, -0.25) is 14.9 Å². The smallest absolute Gasteiger partial charge is 0.315 e. The minimum absolute atomic E-state index is 0.0616. The molecule has 0 amide bonds. The first-order valence-electron chi connectivity index (χ1n) is 3.65. The van der Waals surface area contributed by atoms with E-state index in [9.17, 15) is 14.9 Å². The first-order chi connectivity index (χ1) is 6.16. The zero-order chi connectivity index (χ0) is 9.42. The standard InChI is InChI=1S/C8H5NO4/c10-8-3-5-1-2-6(9(11)12)4-7(5)13-8/h1-2,4H,3H2. The number of nitro benzene ring substituents is 1. The van der Waals surface area contributed by atoms with Crippen molar-refractivity contribution in [2.24, 2.45) is 0 Å². The van der Waals surface area contributed by atoms with E-state index in [0.29, 0.717) is 11.3 Å². The number of hydrogen-bond donors (Lipinski definition) is 0. The first kappa shape index (κ1) is 7.72. The fourth-order valence-electron chi connectivity index (χ4n) is 1.21. The molecule has 0 bridgehead atoms. The molecule has 0 spiro atoms. The van der Waals surface area contributed by atoms with Gasteiger partial charge in [-0.2, -0.15) is 0 Å². The van der Waals surface area contributed by atoms with Gasteiger partial charge in [-0.1, -0.05) is 0 Å². The second-order valence-electron chi connectivity index (χ2n) is 2.70. The van der Waals surface area contributed by atoms with Gasteiger partial charge in [0.2, 0.25) is 0 Å². The van der Waals surface area contributed by atoms with E-state index < -0.39 is 4.92 Å². The van der Waals surface area contributed by atoms with Gasteiger partial charge in [0.05, 0.1) is 17.4 Å². The zero-order valence-electron chi connectivity index (χ0n) is 6.52. The molecule has 1 aromatic carbocycles. The quantitative estimate of drug-likeness (QED) is 0.279. The Morgan fingerprint density at radius 2 is 2.23 bits per heavy atom. The Balaban J connectivity index is 2.45. The highest BCUT2D eigenvalue weighted by molar-refractivity contribution is 5.81. The van der Waals surface area contributed by atoms with Gasteiger partial charge in [0.15, 0.2) is 0 Å². The van der Waals surface area contributed by atoms with E-state index in [4.69, 9.17) is 4.74 Å². The number of ether oxygens (including phenoxy) is 1. The lowest BCUT2D eigenvalue weighted by Crippen LogP contribution is -2.00. The van der Waals surface area contributed by atoms with Crippen LogP contribution in [0.15, 0.2) is 18.2 Å². The van der Waals surface area contributed by atoms with Gasteiger partial charge in [-0.25, -0.2) is 0 Å². The van der Waals surface area contributed by atoms with Crippen LogP contribution in [-0.2, 0) is 11.2 Å². The van der Waals surface area contributed by atoms with Gasteiger partial charge in [0.1, 0.15) is 5.75 Å². The van der Waals surface area contributed by atoms with E-state index in [1.807, 2.05) is 0 Å². The molecule has 0 radical (unpaired) electrons. The van der Waals surface area contributed by atoms with Crippen LogP contribution in [-0.4, -0.2) is 10.9 Å². The second kappa shape index (κ2) is 2.55. The van der Waals surface area contributed by atoms with Crippen LogP contribution >= 0.6 is 0 Å². The van der Waals surface area contributed by atoms with Gasteiger partial charge in [-0.05, 0) is 6.07 Å². The minimum Gasteiger partial charge on any atom is -0.426 e. The lowest BCUT2D eigenvalue weighted by Gasteiger charge is -1.95. The molecular formula is C8H5NO4. The molecule has 0 aromatic heterocycles. The second-order valence-corrected chi connectivity index (χ2v) is 2.70. The molecular weight excluding hydrogens is 174 g/mol. The first-order valence-corrected chi connectivity index (χ1v) is 3.65. The van der Waals surface area contributed by atoms with Crippen molar-refractivity contribution in [2.45, 2.75) is 6.42 Å². The fourth-order valence-corrected chi connectivity index (χ4v) is 1.21. The van der Waals surface area contributed by atoms with Crippen molar-refractivity contribution in [2.75, 3.05) is 0 Å². The van der Waals surface area contributed by atoms with Crippen LogP contribution in [0.4, 0.5) is 5.69 Å². The van der Waals surface area contributed by atoms with E-state index in [1.54, 1.807) is 6.07 Å². The van der Waals surface area contributed by atoms with Gasteiger partial charge < -0.3 is 4.74 Å². The van der Waals surface area contributed by atoms with Crippen LogP contribution in [0.25, 0.3) is 0 Å². The number of rotatable bonds is 1. The molecule has 1 aliphatic rings. The molecule has 0 saturated heterocycles. The third-order valence-corrected chi connectivity index (χ3v) is 1.82. The van der Waals surface area contributed by atoms with Crippen molar-refractivity contribution >= 4 is 11.7 Å². The summed E-state index contributed by atoms with van der Waals surface area (Å²) in [6.07, 6.45) is 0.202. The molecule has 0 saturated carbocycles. The summed E-state index contributed by atoms with van der Waals surface area (Å²) in [6, 6.07) is 4.17. The summed E-state index contributed by atoms with van der Waals surface area (Å²) < 4.78 is 4.75. The normalized spacial score (nSPS) is 13.7. The van der Waals surface area contributed by atoms with Crippen LogP contribution in [0, 0.1) is 10.1 Å². The van der Waals surface area contributed by atoms with Crippen molar-refractivity contribution in [3.8, 4) is 5.75 Å². The van der Waals surface area contributed by atoms with Crippen molar-refractivity contribution in [3.63, 3.8) is 0 Å². The number of carbonyl (C=O) groups is 1. The predicted octanol–water partition coefficient (Wildman–Crippen LogP) is 1.06. The molecule has 13 heavy (non-hydrogen) atoms. The monoisotopic (exact) mass is 179 g/mol. The van der Waals surface area contributed by atoms with Crippen molar-refractivity contribution in [3.05, 3.63) is 33.9 Å². The molecule has 1 heterocycles. The number of hydrogen-bond acceptors (Lipinski definition) is 4. The number of esters is 1. The number of non-ortho nitro benzene ring substituents is 1. The summed E-state index contributed by atoms with van der Waals surface area (Å²) in [6.45, 7) is 0. The van der Waals surface area contributed by atoms with Gasteiger partial charge in [-0.15, -0.1) is 0 Å². The average Bonchev–Trinajstić information content (AvgIpc) is 2.42. The Labute approximate surface area is 73.1 Å². The van der Waals surface area contributed by atoms with Crippen molar-refractivity contribution < 1.29 is 14.5 Å². The zero-order valence-corrected chi connectivity index (χ0v) is 6.52. The summed E-state index contributed by atoms with van der Waals surface area (Å²) in [7, 11) is 0. The molecule has 0 aliphatic carbocycles. The maximum Gasteiger partial charge on any atom is 0.315 e. The molecule has 1 aliphatic heterocycles. The number of nitro groups is 1. The molecule has 1 aromatic rings. The molecule has 0 unspecified atom stereocenters. The molecule has 5 nitrogen and oxygen atoms in total. The summed E-state index contributed by atoms with van der Waals surface area (Å²) in [4.78, 5) is 20.6. The number of carbonyl (C=O) groups excluding carboxylic acids is 1. The maximum absolute atomic E-state index is 10.8. The Morgan fingerprint density at radius 1 is 1.46 bits per heavy atom. The molecule has 5 heteroatoms. The van der Waals surface area contributed by atoms with E-state index in [2.05, 4.69) is 0 Å². The molecule has 0 N–H and O–H groups in total. The summed E-state index contributed by atoms with van der Waals surface area (Å²) >= 11 is 0. The third-order valence-electron chi connectivity index (χ3n) is 1.82. The highest BCUT2D eigenvalue weighted by Crippen LogP contribution is 2.29. The number of nitrogens with zero attached hydrogens (tertiary/aromatic N) is 1. The van der Waals surface area contributed by atoms with E-state index in [-0.39, 0.29) is 18.1 Å². The average molecular weight is 179 g/mol. The summed E-state index contributed by atoms with van der Waals surface area (Å²) in [5.41, 5.74) is 0.643. The van der Waals surface area contributed by atoms with Crippen LogP contribution in [0.1, 0.15) is 5.56 Å². The van der Waals surface area contributed by atoms with Crippen LogP contribution < -0.4 is 4.74 Å². The van der Waals surface area contributed by atoms with Crippen LogP contribution in [0.2, 0.25) is 0 Å². The summed E-state index contributed by atoms with van der Waals surface area (Å²) in [5.74, 6) is -0.0605. The predicted molar refractivity (Wildman–Crippen MR) is 42.4 cm³/mol. The Bertz CT molecular complexity index is 399. The molecule has 2 rings (SSSR count). The van der Waals surface area contributed by atoms with Crippen LogP contribution in [0.5, 0.6) is 5.75 Å². The van der Waals surface area contributed by atoms with Gasteiger partial charge in [0, 0.05) is 11.6 Å². The van der Waals surface area contributed by atoms with Gasteiger partial charge in [0.25, 0.3) is 5.69 Å². The number of fused-ring (bicyclic) bond motifs is 1. The molecule has 0 fully saturated rings. The Hall–Kier alpha value is -1.91. The SMILES string of the molecule is O=C1Cc2ccc([N+](=O)[O-])cc2O1. The fraction of sp³-hybridized carbons (Fsp3) is 0.125. The lowest BCUT2D eigenvalue weighted by atomic mass is 10.1. The largest absolute Gasteiger partial charge is 0.426 e. The summed E-state index contributed by atoms with van der Waals surface area (Å²) in [5, 5.41) is 10.3. The van der Waals surface area contributed by atoms with E-state index >= 15 is 0 Å². The van der Waals surface area contributed by atoms with Crippen LogP contribution in [0.3, 0.4) is 0 Å². The lowest BCUT2D eigenvalue weighted by molar-refractivity contribution is -0.384. The number of benzene rings is 1. The van der Waals surface area contributed by atoms with Gasteiger partial charge >= 0.3 is 5.97 Å². The Kier molecular flexibility index (Phi) is 1.51. The highest BCUT2D eigenvalue weighted by atomic mass is 16.6. The highest BCUT2D eigenvalue weighted by Gasteiger charge is 2.22. The third kappa shape index (κ3) is 1.24. The topological polar surface area (TPSA) is 69.4 Å². The molecule has 0 atom stereocenters. The molecule has 66 valence electrons. The maximum atomic E-state index is 10.8.